The highest BCUT2D eigenvalue weighted by molar-refractivity contribution is 6.29. The number of halogens is 1. The van der Waals surface area contributed by atoms with Crippen LogP contribution in [-0.2, 0) is 11.3 Å². The van der Waals surface area contributed by atoms with Crippen LogP contribution in [0.2, 0.25) is 5.15 Å². The van der Waals surface area contributed by atoms with E-state index in [4.69, 9.17) is 25.8 Å². The van der Waals surface area contributed by atoms with Gasteiger partial charge in [0.2, 0.25) is 5.88 Å². The fourth-order valence-corrected chi connectivity index (χ4v) is 3.00. The molecular formula is C20H27ClN4O4. The molecule has 1 aromatic carbocycles. The molecule has 8 nitrogen and oxygen atoms in total. The summed E-state index contributed by atoms with van der Waals surface area (Å²) in [6, 6.07) is 11.3. The number of aliphatic hydroxyl groups is 1. The number of rotatable bonds is 11. The van der Waals surface area contributed by atoms with Gasteiger partial charge < -0.3 is 24.6 Å². The molecule has 0 radical (unpaired) electrons. The highest BCUT2D eigenvalue weighted by Crippen LogP contribution is 2.20. The van der Waals surface area contributed by atoms with Crippen LogP contribution in [0.4, 0.5) is 0 Å². The van der Waals surface area contributed by atoms with Gasteiger partial charge >= 0.3 is 0 Å². The van der Waals surface area contributed by atoms with Gasteiger partial charge in [0.05, 0.1) is 13.2 Å². The maximum atomic E-state index is 9.99. The van der Waals surface area contributed by atoms with Gasteiger partial charge in [-0.15, -0.1) is 10.2 Å². The molecule has 0 spiro atoms. The third-order valence-electron chi connectivity index (χ3n) is 4.42. The highest BCUT2D eigenvalue weighted by Gasteiger charge is 2.13. The number of hydrogen-bond donors (Lipinski definition) is 2. The van der Waals surface area contributed by atoms with Crippen molar-refractivity contribution in [2.75, 3.05) is 52.6 Å². The average Bonchev–Trinajstić information content (AvgIpc) is 2.75. The minimum atomic E-state index is -0.666. The van der Waals surface area contributed by atoms with Gasteiger partial charge in [-0.05, 0) is 12.1 Å². The second-order valence-electron chi connectivity index (χ2n) is 6.71. The summed E-state index contributed by atoms with van der Waals surface area (Å²) in [5, 5.41) is 20.9. The molecule has 1 atom stereocenters. The van der Waals surface area contributed by atoms with Crippen LogP contribution in [0.25, 0.3) is 0 Å². The summed E-state index contributed by atoms with van der Waals surface area (Å²) in [4.78, 5) is 2.37. The lowest BCUT2D eigenvalue weighted by molar-refractivity contribution is 0.0338. The van der Waals surface area contributed by atoms with Gasteiger partial charge in [-0.2, -0.15) is 0 Å². The van der Waals surface area contributed by atoms with Crippen LogP contribution in [0.1, 0.15) is 5.56 Å². The predicted molar refractivity (Wildman–Crippen MR) is 109 cm³/mol. The van der Waals surface area contributed by atoms with E-state index in [0.29, 0.717) is 30.7 Å². The number of ether oxygens (including phenoxy) is 3. The molecule has 1 aromatic heterocycles. The molecule has 29 heavy (non-hydrogen) atoms. The van der Waals surface area contributed by atoms with Crippen molar-refractivity contribution >= 4 is 11.6 Å². The second kappa shape index (κ2) is 11.9. The Morgan fingerprint density at radius 3 is 2.76 bits per heavy atom. The molecule has 2 N–H and O–H groups in total. The monoisotopic (exact) mass is 422 g/mol. The van der Waals surface area contributed by atoms with Crippen LogP contribution in [0.3, 0.4) is 0 Å². The Hall–Kier alpha value is -1.97. The Bertz CT molecular complexity index is 729. The minimum Gasteiger partial charge on any atom is -0.492 e. The number of benzene rings is 1. The standard InChI is InChI=1S/C20H27ClN4O4/c21-19-5-6-20(24-23-19)29-15-17(26)13-22-7-10-28-18-4-2-1-3-16(18)14-25-8-11-27-12-9-25/h1-6,17,22,26H,7-15H2. The summed E-state index contributed by atoms with van der Waals surface area (Å²) in [6.45, 7) is 5.94. The van der Waals surface area contributed by atoms with E-state index in [2.05, 4.69) is 26.5 Å². The lowest BCUT2D eigenvalue weighted by Crippen LogP contribution is -2.36. The summed E-state index contributed by atoms with van der Waals surface area (Å²) in [5.41, 5.74) is 1.17. The molecule has 2 heterocycles. The van der Waals surface area contributed by atoms with Crippen LogP contribution in [0, 0.1) is 0 Å². The van der Waals surface area contributed by atoms with Crippen molar-refractivity contribution in [3.63, 3.8) is 0 Å². The van der Waals surface area contributed by atoms with Crippen LogP contribution >= 0.6 is 11.6 Å². The van der Waals surface area contributed by atoms with E-state index in [1.54, 1.807) is 12.1 Å². The number of para-hydroxylation sites is 1. The third-order valence-corrected chi connectivity index (χ3v) is 4.62. The van der Waals surface area contributed by atoms with Crippen LogP contribution in [0.5, 0.6) is 11.6 Å². The summed E-state index contributed by atoms with van der Waals surface area (Å²) in [5.74, 6) is 1.22. The maximum absolute atomic E-state index is 9.99. The molecule has 0 amide bonds. The van der Waals surface area contributed by atoms with Gasteiger partial charge in [0.15, 0.2) is 5.15 Å². The first-order chi connectivity index (χ1) is 14.2. The Morgan fingerprint density at radius 1 is 1.14 bits per heavy atom. The van der Waals surface area contributed by atoms with Gasteiger partial charge in [-0.25, -0.2) is 0 Å². The van der Waals surface area contributed by atoms with Crippen molar-refractivity contribution in [3.8, 4) is 11.6 Å². The van der Waals surface area contributed by atoms with Crippen molar-refractivity contribution in [2.45, 2.75) is 12.6 Å². The van der Waals surface area contributed by atoms with E-state index in [0.717, 1.165) is 38.6 Å². The topological polar surface area (TPSA) is 89.0 Å². The van der Waals surface area contributed by atoms with Crippen LogP contribution < -0.4 is 14.8 Å². The van der Waals surface area contributed by atoms with E-state index in [-0.39, 0.29) is 6.61 Å². The van der Waals surface area contributed by atoms with Gasteiger partial charge in [-0.1, -0.05) is 29.8 Å². The largest absolute Gasteiger partial charge is 0.492 e. The number of morpholine rings is 1. The molecule has 3 rings (SSSR count). The second-order valence-corrected chi connectivity index (χ2v) is 7.10. The summed E-state index contributed by atoms with van der Waals surface area (Å²) < 4.78 is 16.7. The van der Waals surface area contributed by atoms with E-state index in [1.165, 1.54) is 5.56 Å². The van der Waals surface area contributed by atoms with E-state index < -0.39 is 6.10 Å². The number of hydrogen-bond acceptors (Lipinski definition) is 8. The molecule has 1 fully saturated rings. The third kappa shape index (κ3) is 7.75. The van der Waals surface area contributed by atoms with Crippen molar-refractivity contribution < 1.29 is 19.3 Å². The quantitative estimate of drug-likeness (QED) is 0.525. The van der Waals surface area contributed by atoms with Crippen LogP contribution in [0.15, 0.2) is 36.4 Å². The molecule has 0 saturated carbocycles. The number of nitrogens with one attached hydrogen (secondary N) is 1. The van der Waals surface area contributed by atoms with Crippen LogP contribution in [-0.4, -0.2) is 78.9 Å². The molecule has 1 aliphatic heterocycles. The number of nitrogens with zero attached hydrogens (tertiary/aromatic N) is 3. The maximum Gasteiger partial charge on any atom is 0.233 e. The average molecular weight is 423 g/mol. The molecule has 0 aliphatic carbocycles. The van der Waals surface area contributed by atoms with Gasteiger partial charge in [0, 0.05) is 44.4 Å². The van der Waals surface area contributed by atoms with E-state index in [9.17, 15) is 5.11 Å². The molecular weight excluding hydrogens is 396 g/mol. The zero-order valence-corrected chi connectivity index (χ0v) is 17.1. The smallest absolute Gasteiger partial charge is 0.233 e. The first-order valence-corrected chi connectivity index (χ1v) is 10.1. The Morgan fingerprint density at radius 2 is 1.97 bits per heavy atom. The molecule has 9 heteroatoms. The Kier molecular flexibility index (Phi) is 8.91. The van der Waals surface area contributed by atoms with E-state index in [1.807, 2.05) is 18.2 Å². The first kappa shape index (κ1) is 21.7. The van der Waals surface area contributed by atoms with Crippen molar-refractivity contribution in [1.29, 1.82) is 0 Å². The SMILES string of the molecule is OC(CNCCOc1ccccc1CN1CCOCC1)COc1ccc(Cl)nn1. The van der Waals surface area contributed by atoms with Gasteiger partial charge in [0.1, 0.15) is 25.1 Å². The highest BCUT2D eigenvalue weighted by atomic mass is 35.5. The molecule has 1 aliphatic rings. The summed E-state index contributed by atoms with van der Waals surface area (Å²) in [7, 11) is 0. The summed E-state index contributed by atoms with van der Waals surface area (Å²) >= 11 is 5.67. The van der Waals surface area contributed by atoms with Gasteiger partial charge in [0.25, 0.3) is 0 Å². The number of aliphatic hydroxyl groups excluding tert-OH is 1. The number of aromatic nitrogens is 2. The van der Waals surface area contributed by atoms with Crippen molar-refractivity contribution in [1.82, 2.24) is 20.4 Å². The van der Waals surface area contributed by atoms with Gasteiger partial charge in [-0.3, -0.25) is 4.90 Å². The molecule has 0 bridgehead atoms. The Labute approximate surface area is 175 Å². The zero-order valence-electron chi connectivity index (χ0n) is 16.3. The molecule has 1 saturated heterocycles. The molecule has 1 unspecified atom stereocenters. The first-order valence-electron chi connectivity index (χ1n) is 9.72. The van der Waals surface area contributed by atoms with E-state index >= 15 is 0 Å². The molecule has 158 valence electrons. The fourth-order valence-electron chi connectivity index (χ4n) is 2.90. The lowest BCUT2D eigenvalue weighted by Gasteiger charge is -2.27. The summed E-state index contributed by atoms with van der Waals surface area (Å²) in [6.07, 6.45) is -0.666. The van der Waals surface area contributed by atoms with Crippen molar-refractivity contribution in [2.24, 2.45) is 0 Å². The zero-order chi connectivity index (χ0) is 20.3. The predicted octanol–water partition coefficient (Wildman–Crippen LogP) is 1.37. The fraction of sp³-hybridized carbons (Fsp3) is 0.500. The lowest BCUT2D eigenvalue weighted by atomic mass is 10.2. The minimum absolute atomic E-state index is 0.118. The normalized spacial score (nSPS) is 15.8. The molecule has 2 aromatic rings. The van der Waals surface area contributed by atoms with Crippen molar-refractivity contribution in [3.05, 3.63) is 47.1 Å². The Balaban J connectivity index is 1.32.